The molecule has 0 aromatic carbocycles. The Morgan fingerprint density at radius 2 is 2.13 bits per heavy atom. The molecule has 0 aliphatic carbocycles. The first-order chi connectivity index (χ1) is 7.04. The van der Waals surface area contributed by atoms with E-state index in [1.54, 1.807) is 21.1 Å². The molecule has 0 aliphatic rings. The van der Waals surface area contributed by atoms with Crippen LogP contribution in [0.15, 0.2) is 0 Å². The Labute approximate surface area is 89.7 Å². The zero-order chi connectivity index (χ0) is 11.8. The Hall–Kier alpha value is -1.14. The van der Waals surface area contributed by atoms with Crippen LogP contribution in [0.3, 0.4) is 0 Å². The number of carbonyl (C=O) groups is 2. The molecule has 3 N–H and O–H groups in total. The third-order valence-corrected chi connectivity index (χ3v) is 2.01. The van der Waals surface area contributed by atoms with Crippen molar-refractivity contribution in [1.82, 2.24) is 10.2 Å². The van der Waals surface area contributed by atoms with E-state index < -0.39 is 11.8 Å². The number of hydrogen-bond donors (Lipinski definition) is 2. The molecule has 1 unspecified atom stereocenters. The smallest absolute Gasteiger partial charge is 0.311 e. The molecule has 0 heterocycles. The van der Waals surface area contributed by atoms with Crippen LogP contribution in [-0.4, -0.2) is 56.6 Å². The van der Waals surface area contributed by atoms with Crippen LogP contribution in [0, 0.1) is 0 Å². The van der Waals surface area contributed by atoms with E-state index in [0.29, 0.717) is 19.7 Å². The molecule has 1 atom stereocenters. The fourth-order valence-corrected chi connectivity index (χ4v) is 0.975. The van der Waals surface area contributed by atoms with Gasteiger partial charge in [0.15, 0.2) is 0 Å². The van der Waals surface area contributed by atoms with E-state index in [2.05, 4.69) is 5.32 Å². The van der Waals surface area contributed by atoms with E-state index in [-0.39, 0.29) is 6.04 Å². The van der Waals surface area contributed by atoms with Crippen molar-refractivity contribution >= 4 is 11.8 Å². The van der Waals surface area contributed by atoms with Gasteiger partial charge in [-0.1, -0.05) is 0 Å². The predicted octanol–water partition coefficient (Wildman–Crippen LogP) is -1.45. The van der Waals surface area contributed by atoms with Crippen LogP contribution in [0.1, 0.15) is 6.92 Å². The number of methoxy groups -OCH3 is 1. The van der Waals surface area contributed by atoms with Crippen molar-refractivity contribution in [2.45, 2.75) is 13.0 Å². The van der Waals surface area contributed by atoms with E-state index in [4.69, 9.17) is 10.5 Å². The molecule has 0 aromatic heterocycles. The first kappa shape index (κ1) is 13.9. The number of amides is 2. The first-order valence-electron chi connectivity index (χ1n) is 4.78. The molecule has 0 radical (unpaired) electrons. The lowest BCUT2D eigenvalue weighted by atomic mass is 10.3. The van der Waals surface area contributed by atoms with Crippen LogP contribution in [0.5, 0.6) is 0 Å². The van der Waals surface area contributed by atoms with E-state index in [9.17, 15) is 9.59 Å². The van der Waals surface area contributed by atoms with Gasteiger partial charge in [0.1, 0.15) is 0 Å². The average Bonchev–Trinajstić information content (AvgIpc) is 2.24. The van der Waals surface area contributed by atoms with Gasteiger partial charge < -0.3 is 20.7 Å². The lowest BCUT2D eigenvalue weighted by Gasteiger charge is -2.23. The topological polar surface area (TPSA) is 84.7 Å². The van der Waals surface area contributed by atoms with Crippen LogP contribution in [0.2, 0.25) is 0 Å². The molecule has 6 heteroatoms. The SMILES string of the molecule is COCC(C)N(C)C(=O)C(=O)NCCN. The van der Waals surface area contributed by atoms with Gasteiger partial charge in [-0.2, -0.15) is 0 Å². The van der Waals surface area contributed by atoms with E-state index >= 15 is 0 Å². The number of nitrogens with one attached hydrogen (secondary N) is 1. The highest BCUT2D eigenvalue weighted by Crippen LogP contribution is 1.96. The summed E-state index contributed by atoms with van der Waals surface area (Å²) in [7, 11) is 3.11. The Morgan fingerprint density at radius 1 is 1.53 bits per heavy atom. The normalized spacial score (nSPS) is 12.0. The van der Waals surface area contributed by atoms with Crippen molar-refractivity contribution in [2.24, 2.45) is 5.73 Å². The molecule has 0 saturated carbocycles. The maximum Gasteiger partial charge on any atom is 0.311 e. The van der Waals surface area contributed by atoms with Gasteiger partial charge in [-0.25, -0.2) is 0 Å². The lowest BCUT2D eigenvalue weighted by Crippen LogP contribution is -2.47. The summed E-state index contributed by atoms with van der Waals surface area (Å²) in [4.78, 5) is 24.1. The van der Waals surface area contributed by atoms with Crippen molar-refractivity contribution in [3.8, 4) is 0 Å². The summed E-state index contributed by atoms with van der Waals surface area (Å²) >= 11 is 0. The number of rotatable bonds is 5. The number of nitrogens with zero attached hydrogens (tertiary/aromatic N) is 1. The molecule has 0 saturated heterocycles. The average molecular weight is 217 g/mol. The van der Waals surface area contributed by atoms with Gasteiger partial charge in [0.2, 0.25) is 0 Å². The summed E-state index contributed by atoms with van der Waals surface area (Å²) in [5.74, 6) is -1.21. The maximum absolute atomic E-state index is 11.5. The molecule has 88 valence electrons. The third-order valence-electron chi connectivity index (χ3n) is 2.01. The highest BCUT2D eigenvalue weighted by Gasteiger charge is 2.21. The van der Waals surface area contributed by atoms with Crippen molar-refractivity contribution in [3.63, 3.8) is 0 Å². The van der Waals surface area contributed by atoms with Crippen LogP contribution in [0.4, 0.5) is 0 Å². The Morgan fingerprint density at radius 3 is 2.60 bits per heavy atom. The van der Waals surface area contributed by atoms with Crippen LogP contribution in [0.25, 0.3) is 0 Å². The van der Waals surface area contributed by atoms with Gasteiger partial charge in [0.05, 0.1) is 12.6 Å². The number of ether oxygens (including phenoxy) is 1. The number of hydrogen-bond acceptors (Lipinski definition) is 4. The van der Waals surface area contributed by atoms with Crippen LogP contribution in [-0.2, 0) is 14.3 Å². The fourth-order valence-electron chi connectivity index (χ4n) is 0.975. The largest absolute Gasteiger partial charge is 0.383 e. The summed E-state index contributed by atoms with van der Waals surface area (Å²) < 4.78 is 4.89. The Bertz CT molecular complexity index is 221. The lowest BCUT2D eigenvalue weighted by molar-refractivity contribution is -0.146. The minimum atomic E-state index is -0.633. The van der Waals surface area contributed by atoms with E-state index in [1.165, 1.54) is 4.90 Å². The molecule has 0 fully saturated rings. The van der Waals surface area contributed by atoms with Crippen molar-refractivity contribution < 1.29 is 14.3 Å². The molecule has 2 amide bonds. The number of carbonyl (C=O) groups excluding carboxylic acids is 2. The Kier molecular flexibility index (Phi) is 6.64. The number of nitrogens with two attached hydrogens (primary N) is 1. The highest BCUT2D eigenvalue weighted by atomic mass is 16.5. The molecule has 0 aliphatic heterocycles. The minimum Gasteiger partial charge on any atom is -0.383 e. The zero-order valence-electron chi connectivity index (χ0n) is 9.45. The molecular weight excluding hydrogens is 198 g/mol. The second-order valence-corrected chi connectivity index (χ2v) is 3.26. The van der Waals surface area contributed by atoms with Crippen molar-refractivity contribution in [3.05, 3.63) is 0 Å². The van der Waals surface area contributed by atoms with Gasteiger partial charge in [-0.15, -0.1) is 0 Å². The molecular formula is C9H19N3O3. The van der Waals surface area contributed by atoms with Crippen LogP contribution >= 0.6 is 0 Å². The summed E-state index contributed by atoms with van der Waals surface area (Å²) in [6.07, 6.45) is 0. The number of likely N-dealkylation sites (N-methyl/N-ethyl adjacent to an activating group) is 1. The van der Waals surface area contributed by atoms with Gasteiger partial charge in [-0.3, -0.25) is 9.59 Å². The summed E-state index contributed by atoms with van der Waals surface area (Å²) in [5.41, 5.74) is 5.20. The first-order valence-corrected chi connectivity index (χ1v) is 4.78. The monoisotopic (exact) mass is 217 g/mol. The summed E-state index contributed by atoms with van der Waals surface area (Å²) in [6.45, 7) is 2.82. The second kappa shape index (κ2) is 7.19. The molecule has 15 heavy (non-hydrogen) atoms. The van der Waals surface area contributed by atoms with Crippen molar-refractivity contribution in [2.75, 3.05) is 33.9 Å². The third kappa shape index (κ3) is 4.75. The van der Waals surface area contributed by atoms with E-state index in [1.807, 2.05) is 0 Å². The van der Waals surface area contributed by atoms with Crippen molar-refractivity contribution in [1.29, 1.82) is 0 Å². The molecule has 6 nitrogen and oxygen atoms in total. The van der Waals surface area contributed by atoms with E-state index in [0.717, 1.165) is 0 Å². The van der Waals surface area contributed by atoms with Gasteiger partial charge in [0.25, 0.3) is 0 Å². The molecule has 0 aromatic rings. The molecule has 0 rings (SSSR count). The van der Waals surface area contributed by atoms with Gasteiger partial charge in [0, 0.05) is 27.2 Å². The molecule has 0 spiro atoms. The second-order valence-electron chi connectivity index (χ2n) is 3.26. The quantitative estimate of drug-likeness (QED) is 0.552. The van der Waals surface area contributed by atoms with Gasteiger partial charge >= 0.3 is 11.8 Å². The fraction of sp³-hybridized carbons (Fsp3) is 0.778. The zero-order valence-corrected chi connectivity index (χ0v) is 9.45. The predicted molar refractivity (Wildman–Crippen MR) is 56.2 cm³/mol. The van der Waals surface area contributed by atoms with Crippen LogP contribution < -0.4 is 11.1 Å². The van der Waals surface area contributed by atoms with Gasteiger partial charge in [-0.05, 0) is 6.92 Å². The molecule has 0 bridgehead atoms. The maximum atomic E-state index is 11.5. The minimum absolute atomic E-state index is 0.133. The standard InChI is InChI=1S/C9H19N3O3/c1-7(6-15-3)12(2)9(14)8(13)11-5-4-10/h7H,4-6,10H2,1-3H3,(H,11,13). The Balaban J connectivity index is 4.12. The summed E-state index contributed by atoms with van der Waals surface area (Å²) in [6, 6.07) is -0.133. The summed E-state index contributed by atoms with van der Waals surface area (Å²) in [5, 5.41) is 2.41. The highest BCUT2D eigenvalue weighted by molar-refractivity contribution is 6.35.